The number of allylic oxidation sites excluding steroid dienone is 2. The standard InChI is InChI=1S/C23H26F2N4O2S/c1-6-16(17-10-14(4)26-12-19(17)31-5)18(9-13(2)3)21(30)27-22-29-28-20(32-22)8-7-15-11-23(15,24)25/h9-10,12,15,20,28H,6,11H2,1-5H3,(H,27,29,30)/b18-16-. The van der Waals surface area contributed by atoms with Gasteiger partial charge >= 0.3 is 0 Å². The summed E-state index contributed by atoms with van der Waals surface area (Å²) in [4.78, 5) is 17.5. The van der Waals surface area contributed by atoms with Gasteiger partial charge in [-0.25, -0.2) is 8.78 Å². The van der Waals surface area contributed by atoms with Gasteiger partial charge < -0.3 is 4.74 Å². The number of halogens is 2. The Morgan fingerprint density at radius 1 is 1.44 bits per heavy atom. The summed E-state index contributed by atoms with van der Waals surface area (Å²) in [7, 11) is 1.57. The van der Waals surface area contributed by atoms with Crippen molar-refractivity contribution in [1.82, 2.24) is 15.7 Å². The Morgan fingerprint density at radius 2 is 2.16 bits per heavy atom. The molecule has 170 valence electrons. The maximum Gasteiger partial charge on any atom is 0.263 e. The van der Waals surface area contributed by atoms with Crippen molar-refractivity contribution in [3.63, 3.8) is 0 Å². The predicted molar refractivity (Wildman–Crippen MR) is 123 cm³/mol. The number of hydrogen-bond acceptors (Lipinski definition) is 6. The van der Waals surface area contributed by atoms with Crippen LogP contribution in [0.2, 0.25) is 0 Å². The van der Waals surface area contributed by atoms with Crippen LogP contribution in [0.25, 0.3) is 5.57 Å². The Hall–Kier alpha value is -2.86. The van der Waals surface area contributed by atoms with Crippen LogP contribution in [-0.2, 0) is 4.79 Å². The molecule has 0 bridgehead atoms. The third-order valence-corrected chi connectivity index (χ3v) is 5.73. The van der Waals surface area contributed by atoms with Gasteiger partial charge in [0.2, 0.25) is 0 Å². The molecular weight excluding hydrogens is 434 g/mol. The maximum atomic E-state index is 13.2. The predicted octanol–water partition coefficient (Wildman–Crippen LogP) is 4.24. The molecular formula is C23H26F2N4O2S. The minimum Gasteiger partial charge on any atom is -0.495 e. The second kappa shape index (κ2) is 9.74. The molecule has 2 unspecified atom stereocenters. The lowest BCUT2D eigenvalue weighted by Crippen LogP contribution is -2.29. The zero-order chi connectivity index (χ0) is 23.5. The highest BCUT2D eigenvalue weighted by molar-refractivity contribution is 8.14. The van der Waals surface area contributed by atoms with Crippen molar-refractivity contribution in [2.75, 3.05) is 7.11 Å². The van der Waals surface area contributed by atoms with Crippen molar-refractivity contribution in [2.45, 2.75) is 51.8 Å². The van der Waals surface area contributed by atoms with E-state index in [1.165, 1.54) is 11.8 Å². The molecule has 2 aliphatic rings. The SMILES string of the molecule is CC/C(=C(\C=C(C)C)C(=O)NC1=NNC(C#CC2CC2(F)F)S1)c1cc(C)ncc1OC. The minimum atomic E-state index is -2.68. The van der Waals surface area contributed by atoms with Crippen LogP contribution in [0.1, 0.15) is 44.9 Å². The number of amidine groups is 1. The van der Waals surface area contributed by atoms with Gasteiger partial charge in [-0.05, 0) is 50.6 Å². The van der Waals surface area contributed by atoms with Gasteiger partial charge in [0.1, 0.15) is 5.75 Å². The third kappa shape index (κ3) is 5.68. The molecule has 0 saturated heterocycles. The van der Waals surface area contributed by atoms with E-state index >= 15 is 0 Å². The minimum absolute atomic E-state index is 0.198. The Bertz CT molecular complexity index is 1070. The molecule has 3 rings (SSSR count). The van der Waals surface area contributed by atoms with Crippen molar-refractivity contribution in [3.8, 4) is 17.6 Å². The Kier molecular flexibility index (Phi) is 7.24. The number of amides is 1. The number of carbonyl (C=O) groups excluding carboxylic acids is 1. The molecule has 1 aromatic rings. The number of methoxy groups -OCH3 is 1. The average molecular weight is 461 g/mol. The van der Waals surface area contributed by atoms with Crippen LogP contribution < -0.4 is 15.5 Å². The summed E-state index contributed by atoms with van der Waals surface area (Å²) in [5.41, 5.74) is 6.64. The zero-order valence-electron chi connectivity index (χ0n) is 18.7. The van der Waals surface area contributed by atoms with Crippen LogP contribution in [0.3, 0.4) is 0 Å². The first kappa shape index (κ1) is 23.8. The summed E-state index contributed by atoms with van der Waals surface area (Å²) in [5, 5.41) is 6.75. The number of ether oxygens (including phenoxy) is 1. The van der Waals surface area contributed by atoms with E-state index in [1.807, 2.05) is 39.8 Å². The smallest absolute Gasteiger partial charge is 0.263 e. The number of thioether (sulfide) groups is 1. The molecule has 0 radical (unpaired) electrons. The molecule has 0 aromatic carbocycles. The molecule has 1 fully saturated rings. The summed E-state index contributed by atoms with van der Waals surface area (Å²) in [6, 6.07) is 1.90. The van der Waals surface area contributed by atoms with E-state index in [2.05, 4.69) is 32.7 Å². The van der Waals surface area contributed by atoms with Gasteiger partial charge in [-0.1, -0.05) is 30.4 Å². The number of hydrazone groups is 1. The molecule has 0 spiro atoms. The summed E-state index contributed by atoms with van der Waals surface area (Å²) in [5.74, 6) is 2.02. The topological polar surface area (TPSA) is 75.6 Å². The lowest BCUT2D eigenvalue weighted by atomic mass is 9.95. The van der Waals surface area contributed by atoms with Crippen LogP contribution in [-0.4, -0.2) is 34.5 Å². The summed E-state index contributed by atoms with van der Waals surface area (Å²) < 4.78 is 31.5. The van der Waals surface area contributed by atoms with Crippen molar-refractivity contribution in [2.24, 2.45) is 11.0 Å². The first-order chi connectivity index (χ1) is 15.1. The number of aryl methyl sites for hydroxylation is 1. The molecule has 1 aliphatic carbocycles. The quantitative estimate of drug-likeness (QED) is 0.391. The monoisotopic (exact) mass is 460 g/mol. The fourth-order valence-corrected chi connectivity index (χ4v) is 3.87. The number of nitrogens with zero attached hydrogens (tertiary/aromatic N) is 2. The van der Waals surface area contributed by atoms with Gasteiger partial charge in [-0.15, -0.1) is 0 Å². The Balaban J connectivity index is 1.83. The second-order valence-electron chi connectivity index (χ2n) is 7.80. The highest BCUT2D eigenvalue weighted by atomic mass is 32.2. The van der Waals surface area contributed by atoms with E-state index in [-0.39, 0.29) is 12.3 Å². The first-order valence-electron chi connectivity index (χ1n) is 10.2. The van der Waals surface area contributed by atoms with Crippen LogP contribution in [0, 0.1) is 24.7 Å². The van der Waals surface area contributed by atoms with Gasteiger partial charge in [0.25, 0.3) is 11.8 Å². The molecule has 1 saturated carbocycles. The van der Waals surface area contributed by atoms with Crippen LogP contribution in [0.5, 0.6) is 5.75 Å². The molecule has 32 heavy (non-hydrogen) atoms. The van der Waals surface area contributed by atoms with Gasteiger partial charge in [0.15, 0.2) is 10.5 Å². The lowest BCUT2D eigenvalue weighted by molar-refractivity contribution is -0.115. The highest BCUT2D eigenvalue weighted by Crippen LogP contribution is 2.48. The normalized spacial score (nSPS) is 21.3. The number of hydrogen-bond donors (Lipinski definition) is 2. The van der Waals surface area contributed by atoms with E-state index in [4.69, 9.17) is 4.74 Å². The molecule has 1 aromatic heterocycles. The lowest BCUT2D eigenvalue weighted by Gasteiger charge is -2.15. The average Bonchev–Trinajstić information content (AvgIpc) is 3.12. The largest absolute Gasteiger partial charge is 0.495 e. The molecule has 2 N–H and O–H groups in total. The van der Waals surface area contributed by atoms with Gasteiger partial charge in [-0.2, -0.15) is 5.10 Å². The van der Waals surface area contributed by atoms with E-state index in [9.17, 15) is 13.6 Å². The van der Waals surface area contributed by atoms with E-state index in [0.717, 1.165) is 22.4 Å². The molecule has 1 aliphatic heterocycles. The number of carbonyl (C=O) groups is 1. The van der Waals surface area contributed by atoms with Gasteiger partial charge in [0, 0.05) is 23.3 Å². The number of alkyl halides is 2. The molecule has 6 nitrogen and oxygen atoms in total. The molecule has 2 heterocycles. The van der Waals surface area contributed by atoms with Crippen molar-refractivity contribution >= 4 is 28.4 Å². The number of aromatic nitrogens is 1. The molecule has 1 amide bonds. The van der Waals surface area contributed by atoms with E-state index < -0.39 is 17.2 Å². The summed E-state index contributed by atoms with van der Waals surface area (Å²) >= 11 is 1.18. The van der Waals surface area contributed by atoms with E-state index in [1.54, 1.807) is 13.3 Å². The second-order valence-corrected chi connectivity index (χ2v) is 8.89. The van der Waals surface area contributed by atoms with Crippen LogP contribution in [0.15, 0.2) is 34.6 Å². The molecule has 9 heteroatoms. The third-order valence-electron chi connectivity index (χ3n) is 4.85. The fraction of sp³-hybridized carbons (Fsp3) is 0.435. The maximum absolute atomic E-state index is 13.2. The van der Waals surface area contributed by atoms with Gasteiger partial charge in [0.05, 0.1) is 19.2 Å². The van der Waals surface area contributed by atoms with Crippen LogP contribution in [0.4, 0.5) is 8.78 Å². The Morgan fingerprint density at radius 3 is 2.75 bits per heavy atom. The zero-order valence-corrected chi connectivity index (χ0v) is 19.5. The van der Waals surface area contributed by atoms with Crippen LogP contribution >= 0.6 is 11.8 Å². The molecule has 2 atom stereocenters. The van der Waals surface area contributed by atoms with Crippen molar-refractivity contribution < 1.29 is 18.3 Å². The summed E-state index contributed by atoms with van der Waals surface area (Å²) in [6.45, 7) is 7.68. The highest BCUT2D eigenvalue weighted by Gasteiger charge is 2.56. The number of rotatable bonds is 5. The van der Waals surface area contributed by atoms with Gasteiger partial charge in [-0.3, -0.25) is 20.5 Å². The summed E-state index contributed by atoms with van der Waals surface area (Å²) in [6.07, 6.45) is 3.86. The fourth-order valence-electron chi connectivity index (χ4n) is 3.16. The Labute approximate surface area is 191 Å². The number of nitrogens with one attached hydrogen (secondary N) is 2. The van der Waals surface area contributed by atoms with Crippen molar-refractivity contribution in [3.05, 3.63) is 40.7 Å². The van der Waals surface area contributed by atoms with Crippen molar-refractivity contribution in [1.29, 1.82) is 0 Å². The van der Waals surface area contributed by atoms with E-state index in [0.29, 0.717) is 22.9 Å². The first-order valence-corrected chi connectivity index (χ1v) is 11.1. The number of pyridine rings is 1.